The van der Waals surface area contributed by atoms with Crippen LogP contribution in [-0.4, -0.2) is 29.8 Å². The number of benzene rings is 1. The predicted molar refractivity (Wildman–Crippen MR) is 64.6 cm³/mol. The zero-order chi connectivity index (χ0) is 14.4. The molecule has 0 spiro atoms. The molecular formula is C13H14F2N2O2. The highest BCUT2D eigenvalue weighted by atomic mass is 19.2. The summed E-state index contributed by atoms with van der Waals surface area (Å²) in [5, 5.41) is 0. The highest BCUT2D eigenvalue weighted by molar-refractivity contribution is 6.21. The van der Waals surface area contributed by atoms with E-state index in [1.54, 1.807) is 13.8 Å². The van der Waals surface area contributed by atoms with E-state index in [4.69, 9.17) is 5.73 Å². The van der Waals surface area contributed by atoms with Crippen LogP contribution < -0.4 is 5.73 Å². The molecule has 2 rings (SSSR count). The first-order valence-electron chi connectivity index (χ1n) is 5.82. The lowest BCUT2D eigenvalue weighted by atomic mass is 9.93. The Morgan fingerprint density at radius 2 is 1.53 bits per heavy atom. The molecular weight excluding hydrogens is 254 g/mol. The van der Waals surface area contributed by atoms with Crippen LogP contribution in [0.25, 0.3) is 0 Å². The summed E-state index contributed by atoms with van der Waals surface area (Å²) in [6, 6.07) is 1.53. The number of nitrogens with zero attached hydrogens (tertiary/aromatic N) is 1. The van der Waals surface area contributed by atoms with Gasteiger partial charge in [-0.3, -0.25) is 14.5 Å². The van der Waals surface area contributed by atoms with Crippen molar-refractivity contribution in [1.29, 1.82) is 0 Å². The van der Waals surface area contributed by atoms with Crippen molar-refractivity contribution in [2.24, 2.45) is 11.1 Å². The molecule has 0 atom stereocenters. The molecule has 0 saturated carbocycles. The molecule has 0 unspecified atom stereocenters. The summed E-state index contributed by atoms with van der Waals surface area (Å²) in [7, 11) is 0. The highest BCUT2D eigenvalue weighted by Gasteiger charge is 2.39. The number of nitrogens with two attached hydrogens (primary N) is 1. The molecule has 0 bridgehead atoms. The lowest BCUT2D eigenvalue weighted by Crippen LogP contribution is -2.41. The van der Waals surface area contributed by atoms with Crippen LogP contribution in [0.5, 0.6) is 0 Å². The summed E-state index contributed by atoms with van der Waals surface area (Å²) in [4.78, 5) is 25.1. The second kappa shape index (κ2) is 4.38. The molecule has 1 aromatic rings. The van der Waals surface area contributed by atoms with Gasteiger partial charge >= 0.3 is 0 Å². The van der Waals surface area contributed by atoms with Crippen LogP contribution in [-0.2, 0) is 0 Å². The third-order valence-electron chi connectivity index (χ3n) is 3.15. The van der Waals surface area contributed by atoms with Crippen molar-refractivity contribution >= 4 is 11.8 Å². The van der Waals surface area contributed by atoms with Gasteiger partial charge in [0.15, 0.2) is 11.6 Å². The molecule has 102 valence electrons. The number of carbonyl (C=O) groups excluding carboxylic acids is 2. The van der Waals surface area contributed by atoms with Crippen molar-refractivity contribution in [2.45, 2.75) is 13.8 Å². The minimum absolute atomic E-state index is 0.100. The lowest BCUT2D eigenvalue weighted by Gasteiger charge is -2.27. The summed E-state index contributed by atoms with van der Waals surface area (Å²) in [5.41, 5.74) is 4.90. The third kappa shape index (κ3) is 2.23. The summed E-state index contributed by atoms with van der Waals surface area (Å²) < 4.78 is 26.3. The zero-order valence-electron chi connectivity index (χ0n) is 10.7. The molecule has 0 aromatic heterocycles. The summed E-state index contributed by atoms with van der Waals surface area (Å²) >= 11 is 0. The van der Waals surface area contributed by atoms with Crippen LogP contribution in [0.1, 0.15) is 34.6 Å². The summed E-state index contributed by atoms with van der Waals surface area (Å²) in [5.74, 6) is -3.50. The Morgan fingerprint density at radius 3 is 1.89 bits per heavy atom. The van der Waals surface area contributed by atoms with Gasteiger partial charge in [0.2, 0.25) is 0 Å². The van der Waals surface area contributed by atoms with Crippen LogP contribution in [0.3, 0.4) is 0 Å². The van der Waals surface area contributed by atoms with Crippen LogP contribution in [0.15, 0.2) is 12.1 Å². The average Bonchev–Trinajstić information content (AvgIpc) is 2.56. The van der Waals surface area contributed by atoms with E-state index in [0.29, 0.717) is 0 Å². The molecule has 1 aliphatic heterocycles. The van der Waals surface area contributed by atoms with E-state index in [0.717, 1.165) is 17.0 Å². The number of fused-ring (bicyclic) bond motifs is 1. The van der Waals surface area contributed by atoms with Crippen molar-refractivity contribution in [3.05, 3.63) is 34.9 Å². The first-order chi connectivity index (χ1) is 8.76. The topological polar surface area (TPSA) is 63.4 Å². The Morgan fingerprint density at radius 1 is 1.11 bits per heavy atom. The fourth-order valence-electron chi connectivity index (χ4n) is 1.92. The molecule has 0 radical (unpaired) electrons. The van der Waals surface area contributed by atoms with E-state index >= 15 is 0 Å². The van der Waals surface area contributed by atoms with Crippen molar-refractivity contribution in [3.63, 3.8) is 0 Å². The Hall–Kier alpha value is -1.82. The van der Waals surface area contributed by atoms with E-state index in [1.807, 2.05) is 0 Å². The van der Waals surface area contributed by atoms with Gasteiger partial charge in [-0.1, -0.05) is 13.8 Å². The maximum Gasteiger partial charge on any atom is 0.261 e. The van der Waals surface area contributed by atoms with Gasteiger partial charge in [0.1, 0.15) is 0 Å². The number of imide groups is 1. The highest BCUT2D eigenvalue weighted by Crippen LogP contribution is 2.28. The van der Waals surface area contributed by atoms with Gasteiger partial charge in [-0.05, 0) is 24.1 Å². The van der Waals surface area contributed by atoms with Crippen molar-refractivity contribution < 1.29 is 18.4 Å². The lowest BCUT2D eigenvalue weighted by molar-refractivity contribution is 0.0595. The second-order valence-electron chi connectivity index (χ2n) is 5.38. The van der Waals surface area contributed by atoms with Gasteiger partial charge < -0.3 is 5.73 Å². The number of rotatable bonds is 3. The molecule has 1 heterocycles. The first kappa shape index (κ1) is 13.6. The largest absolute Gasteiger partial charge is 0.330 e. The first-order valence-corrected chi connectivity index (χ1v) is 5.82. The van der Waals surface area contributed by atoms with Crippen molar-refractivity contribution in [1.82, 2.24) is 4.90 Å². The summed E-state index contributed by atoms with van der Waals surface area (Å²) in [6.07, 6.45) is 0. The molecule has 2 N–H and O–H groups in total. The Balaban J connectivity index is 2.39. The molecule has 1 aliphatic rings. The van der Waals surface area contributed by atoms with Gasteiger partial charge in [0, 0.05) is 6.54 Å². The number of hydrogen-bond donors (Lipinski definition) is 1. The Labute approximate surface area is 109 Å². The van der Waals surface area contributed by atoms with Crippen LogP contribution >= 0.6 is 0 Å². The van der Waals surface area contributed by atoms with Crippen LogP contribution in [0, 0.1) is 17.0 Å². The molecule has 4 nitrogen and oxygen atoms in total. The zero-order valence-corrected chi connectivity index (χ0v) is 10.7. The Kier molecular flexibility index (Phi) is 3.14. The molecule has 0 fully saturated rings. The van der Waals surface area contributed by atoms with Gasteiger partial charge in [-0.2, -0.15) is 0 Å². The van der Waals surface area contributed by atoms with Crippen LogP contribution in [0.2, 0.25) is 0 Å². The number of hydrogen-bond acceptors (Lipinski definition) is 3. The van der Waals surface area contributed by atoms with Gasteiger partial charge in [0.05, 0.1) is 11.1 Å². The van der Waals surface area contributed by atoms with Crippen molar-refractivity contribution in [3.8, 4) is 0 Å². The van der Waals surface area contributed by atoms with Crippen LogP contribution in [0.4, 0.5) is 8.78 Å². The van der Waals surface area contributed by atoms with Gasteiger partial charge in [0.25, 0.3) is 11.8 Å². The number of amides is 2. The number of halogens is 2. The number of carbonyl (C=O) groups is 2. The smallest absolute Gasteiger partial charge is 0.261 e. The summed E-state index contributed by atoms with van der Waals surface area (Å²) in [6.45, 7) is 4.00. The van der Waals surface area contributed by atoms with E-state index in [2.05, 4.69) is 0 Å². The quantitative estimate of drug-likeness (QED) is 0.846. The molecule has 1 aromatic carbocycles. The maximum absolute atomic E-state index is 13.1. The minimum atomic E-state index is -1.14. The van der Waals surface area contributed by atoms with E-state index in [-0.39, 0.29) is 24.2 Å². The third-order valence-corrected chi connectivity index (χ3v) is 3.15. The SMILES string of the molecule is CC(C)(CN)CN1C(=O)c2cc(F)c(F)cc2C1=O. The molecule has 6 heteroatoms. The Bertz CT molecular complexity index is 529. The molecule has 0 aliphatic carbocycles. The van der Waals surface area contributed by atoms with Gasteiger partial charge in [-0.15, -0.1) is 0 Å². The van der Waals surface area contributed by atoms with Crippen molar-refractivity contribution in [2.75, 3.05) is 13.1 Å². The molecule has 2 amide bonds. The van der Waals surface area contributed by atoms with E-state index in [1.165, 1.54) is 0 Å². The van der Waals surface area contributed by atoms with E-state index < -0.39 is 28.9 Å². The normalized spacial score (nSPS) is 15.1. The second-order valence-corrected chi connectivity index (χ2v) is 5.38. The van der Waals surface area contributed by atoms with E-state index in [9.17, 15) is 18.4 Å². The fraction of sp³-hybridized carbons (Fsp3) is 0.385. The average molecular weight is 268 g/mol. The predicted octanol–water partition coefficient (Wildman–Crippen LogP) is 1.55. The standard InChI is InChI=1S/C13H14F2N2O2/c1-13(2,5-16)6-17-11(18)7-3-9(14)10(15)4-8(7)12(17)19/h3-4H,5-6,16H2,1-2H3. The maximum atomic E-state index is 13.1. The van der Waals surface area contributed by atoms with Gasteiger partial charge in [-0.25, -0.2) is 8.78 Å². The minimum Gasteiger partial charge on any atom is -0.330 e. The fourth-order valence-corrected chi connectivity index (χ4v) is 1.92. The molecule has 0 saturated heterocycles. The monoisotopic (exact) mass is 268 g/mol. The molecule has 19 heavy (non-hydrogen) atoms.